The van der Waals surface area contributed by atoms with Crippen molar-refractivity contribution in [1.82, 2.24) is 4.90 Å². The summed E-state index contributed by atoms with van der Waals surface area (Å²) in [6, 6.07) is 10.7. The van der Waals surface area contributed by atoms with Gasteiger partial charge in [0.25, 0.3) is 0 Å². The number of nitrogens with zero attached hydrogens (tertiary/aromatic N) is 1. The molecule has 1 heterocycles. The molecule has 0 radical (unpaired) electrons. The molecule has 1 aromatic rings. The minimum absolute atomic E-state index is 0.159. The molecule has 3 nitrogen and oxygen atoms in total. The zero-order valence-electron chi connectivity index (χ0n) is 15.0. The number of hydrogen-bond donors (Lipinski definition) is 0. The average molecular weight is 317 g/mol. The van der Waals surface area contributed by atoms with Crippen molar-refractivity contribution >= 4 is 6.09 Å². The fraction of sp³-hybridized carbons (Fsp3) is 0.650. The molecule has 23 heavy (non-hydrogen) atoms. The van der Waals surface area contributed by atoms with Crippen molar-refractivity contribution in [3.63, 3.8) is 0 Å². The van der Waals surface area contributed by atoms with Gasteiger partial charge in [0.15, 0.2) is 0 Å². The second-order valence-electron chi connectivity index (χ2n) is 7.80. The van der Waals surface area contributed by atoms with E-state index >= 15 is 0 Å². The summed E-state index contributed by atoms with van der Waals surface area (Å²) >= 11 is 0. The van der Waals surface area contributed by atoms with E-state index in [1.54, 1.807) is 0 Å². The molecule has 1 aliphatic heterocycles. The second-order valence-corrected chi connectivity index (χ2v) is 7.80. The summed E-state index contributed by atoms with van der Waals surface area (Å²) in [5.41, 5.74) is 1.03. The molecular weight excluding hydrogens is 286 g/mol. The zero-order valence-corrected chi connectivity index (χ0v) is 15.0. The van der Waals surface area contributed by atoms with Crippen LogP contribution in [-0.4, -0.2) is 29.7 Å². The predicted molar refractivity (Wildman–Crippen MR) is 94.6 cm³/mol. The van der Waals surface area contributed by atoms with Crippen molar-refractivity contribution < 1.29 is 9.53 Å². The maximum Gasteiger partial charge on any atom is 0.410 e. The molecule has 0 N–H and O–H groups in total. The lowest BCUT2D eigenvalue weighted by Crippen LogP contribution is -2.41. The number of amides is 1. The van der Waals surface area contributed by atoms with Gasteiger partial charge in [0.2, 0.25) is 0 Å². The number of likely N-dealkylation sites (tertiary alicyclic amines) is 1. The largest absolute Gasteiger partial charge is 0.444 e. The van der Waals surface area contributed by atoms with Crippen molar-refractivity contribution in [1.29, 1.82) is 0 Å². The highest BCUT2D eigenvalue weighted by atomic mass is 16.6. The van der Waals surface area contributed by atoms with Gasteiger partial charge in [-0.25, -0.2) is 4.79 Å². The minimum Gasteiger partial charge on any atom is -0.444 e. The highest BCUT2D eigenvalue weighted by Gasteiger charge is 2.26. The zero-order chi connectivity index (χ0) is 16.9. The molecule has 0 spiro atoms. The first-order valence-electron chi connectivity index (χ1n) is 8.88. The van der Waals surface area contributed by atoms with Crippen molar-refractivity contribution in [2.45, 2.75) is 64.9 Å². The van der Waals surface area contributed by atoms with Crippen LogP contribution in [0, 0.1) is 5.92 Å². The van der Waals surface area contributed by atoms with E-state index in [4.69, 9.17) is 4.74 Å². The molecule has 0 aromatic heterocycles. The van der Waals surface area contributed by atoms with Crippen LogP contribution in [0.3, 0.4) is 0 Å². The van der Waals surface area contributed by atoms with Crippen molar-refractivity contribution in [2.75, 3.05) is 13.1 Å². The van der Waals surface area contributed by atoms with E-state index in [0.29, 0.717) is 5.92 Å². The fourth-order valence-electron chi connectivity index (χ4n) is 3.16. The maximum absolute atomic E-state index is 12.1. The van der Waals surface area contributed by atoms with E-state index in [-0.39, 0.29) is 6.09 Å². The molecule has 1 saturated heterocycles. The van der Waals surface area contributed by atoms with Crippen molar-refractivity contribution in [2.24, 2.45) is 5.92 Å². The number of rotatable bonds is 4. The quantitative estimate of drug-likeness (QED) is 0.762. The molecule has 2 rings (SSSR count). The number of hydrogen-bond acceptors (Lipinski definition) is 2. The number of piperidine rings is 1. The Kier molecular flexibility index (Phi) is 6.09. The molecule has 1 atom stereocenters. The minimum atomic E-state index is -0.404. The van der Waals surface area contributed by atoms with E-state index in [0.717, 1.165) is 31.8 Å². The fourth-order valence-corrected chi connectivity index (χ4v) is 3.16. The van der Waals surface area contributed by atoms with Crippen LogP contribution in [0.5, 0.6) is 0 Å². The second kappa shape index (κ2) is 7.85. The van der Waals surface area contributed by atoms with Gasteiger partial charge in [-0.15, -0.1) is 0 Å². The topological polar surface area (TPSA) is 29.5 Å². The Morgan fingerprint density at radius 2 is 1.83 bits per heavy atom. The van der Waals surface area contributed by atoms with E-state index in [2.05, 4.69) is 37.3 Å². The molecule has 0 unspecified atom stereocenters. The van der Waals surface area contributed by atoms with Gasteiger partial charge >= 0.3 is 6.09 Å². The lowest BCUT2D eigenvalue weighted by atomic mass is 9.87. The predicted octanol–water partition coefficient (Wildman–Crippen LogP) is 5.22. The highest BCUT2D eigenvalue weighted by molar-refractivity contribution is 5.68. The Labute approximate surface area is 141 Å². The normalized spacial score (nSPS) is 17.8. The SMILES string of the molecule is C[C@H](CCC1CCN(C(=O)OC(C)(C)C)CC1)c1ccccc1. The van der Waals surface area contributed by atoms with Gasteiger partial charge in [-0.1, -0.05) is 37.3 Å². The Balaban J connectivity index is 1.72. The van der Waals surface area contributed by atoms with E-state index < -0.39 is 5.60 Å². The van der Waals surface area contributed by atoms with Crippen LogP contribution in [0.2, 0.25) is 0 Å². The summed E-state index contributed by atoms with van der Waals surface area (Å²) in [7, 11) is 0. The Morgan fingerprint density at radius 3 is 2.39 bits per heavy atom. The van der Waals surface area contributed by atoms with Gasteiger partial charge in [-0.3, -0.25) is 0 Å². The van der Waals surface area contributed by atoms with Crippen LogP contribution in [0.1, 0.15) is 64.9 Å². The Hall–Kier alpha value is -1.51. The monoisotopic (exact) mass is 317 g/mol. The third kappa shape index (κ3) is 5.89. The van der Waals surface area contributed by atoms with Crippen LogP contribution >= 0.6 is 0 Å². The van der Waals surface area contributed by atoms with Gasteiger partial charge in [0.05, 0.1) is 0 Å². The van der Waals surface area contributed by atoms with Crippen LogP contribution in [-0.2, 0) is 4.74 Å². The van der Waals surface area contributed by atoms with E-state index in [1.807, 2.05) is 25.7 Å². The summed E-state index contributed by atoms with van der Waals surface area (Å²) < 4.78 is 5.46. The summed E-state index contributed by atoms with van der Waals surface area (Å²) in [5, 5.41) is 0. The van der Waals surface area contributed by atoms with Crippen LogP contribution in [0.4, 0.5) is 4.79 Å². The molecule has 1 fully saturated rings. The number of benzene rings is 1. The van der Waals surface area contributed by atoms with Crippen LogP contribution in [0.15, 0.2) is 30.3 Å². The standard InChI is InChI=1S/C20H31NO2/c1-16(18-8-6-5-7-9-18)10-11-17-12-14-21(15-13-17)19(22)23-20(2,3)4/h5-9,16-17H,10-15H2,1-4H3/t16-/m1/s1. The van der Waals surface area contributed by atoms with Gasteiger partial charge in [0.1, 0.15) is 5.60 Å². The molecule has 0 saturated carbocycles. The molecule has 1 aliphatic rings. The maximum atomic E-state index is 12.1. The summed E-state index contributed by atoms with van der Waals surface area (Å²) in [4.78, 5) is 13.9. The third-order valence-electron chi connectivity index (χ3n) is 4.64. The third-order valence-corrected chi connectivity index (χ3v) is 4.64. The lowest BCUT2D eigenvalue weighted by molar-refractivity contribution is 0.0180. The molecule has 1 amide bonds. The first-order valence-corrected chi connectivity index (χ1v) is 8.88. The van der Waals surface area contributed by atoms with Gasteiger partial charge in [-0.05, 0) is 63.9 Å². The van der Waals surface area contributed by atoms with Gasteiger partial charge < -0.3 is 9.64 Å². The van der Waals surface area contributed by atoms with Gasteiger partial charge in [0, 0.05) is 13.1 Å². The van der Waals surface area contributed by atoms with Crippen LogP contribution < -0.4 is 0 Å². The molecule has 3 heteroatoms. The lowest BCUT2D eigenvalue weighted by Gasteiger charge is -2.33. The Bertz CT molecular complexity index is 484. The number of carbonyl (C=O) groups is 1. The number of ether oxygens (including phenoxy) is 1. The van der Waals surface area contributed by atoms with Crippen molar-refractivity contribution in [3.8, 4) is 0 Å². The first-order chi connectivity index (χ1) is 10.8. The summed E-state index contributed by atoms with van der Waals surface area (Å²) in [6.45, 7) is 9.73. The molecular formula is C20H31NO2. The summed E-state index contributed by atoms with van der Waals surface area (Å²) in [5.74, 6) is 1.35. The molecule has 1 aromatic carbocycles. The smallest absolute Gasteiger partial charge is 0.410 e. The van der Waals surface area contributed by atoms with E-state index in [9.17, 15) is 4.79 Å². The van der Waals surface area contributed by atoms with E-state index in [1.165, 1.54) is 18.4 Å². The molecule has 128 valence electrons. The molecule has 0 aliphatic carbocycles. The highest BCUT2D eigenvalue weighted by Crippen LogP contribution is 2.28. The van der Waals surface area contributed by atoms with Gasteiger partial charge in [-0.2, -0.15) is 0 Å². The van der Waals surface area contributed by atoms with Crippen LogP contribution in [0.25, 0.3) is 0 Å². The first kappa shape index (κ1) is 17.8. The summed E-state index contributed by atoms with van der Waals surface area (Å²) in [6.07, 6.45) is 4.51. The Morgan fingerprint density at radius 1 is 1.22 bits per heavy atom. The average Bonchev–Trinajstić information content (AvgIpc) is 2.52. The van der Waals surface area contributed by atoms with Crippen molar-refractivity contribution in [3.05, 3.63) is 35.9 Å². The molecule has 0 bridgehead atoms. The number of carbonyl (C=O) groups excluding carboxylic acids is 1.